The van der Waals surface area contributed by atoms with Crippen LogP contribution in [0, 0.1) is 26.6 Å². The number of hydrogen-bond donors (Lipinski definition) is 0. The molecule has 0 fully saturated rings. The Bertz CT molecular complexity index is 2120. The average Bonchev–Trinajstić information content (AvgIpc) is 3.48. The number of hydrogen-bond acceptors (Lipinski definition) is 9. The summed E-state index contributed by atoms with van der Waals surface area (Å²) >= 11 is 0. The van der Waals surface area contributed by atoms with Crippen molar-refractivity contribution < 1.29 is 57.9 Å². The molecule has 0 atom stereocenters. The number of benzene rings is 3. The standard InChI is InChI=1S/C34H33F4NO9S2/c1-20-12-21(2)33(22(3)13-20)50(44,45)39(17-27-10-11-31(48-27)34(36,37)38)16-24-6-8-25(9-7-24)26-14-29(35)28(18-47-23(4)40)30(15-26)49(42,43)19-32(41)46-5/h6-15H,16-19H2,1-5H3. The number of carbonyl (C=O) groups excluding carboxylic acids is 2. The molecule has 0 amide bonds. The number of aryl methyl sites for hydroxylation is 3. The van der Waals surface area contributed by atoms with E-state index in [0.717, 1.165) is 42.1 Å². The van der Waals surface area contributed by atoms with E-state index in [1.54, 1.807) is 32.9 Å². The largest absolute Gasteiger partial charge is 0.468 e. The van der Waals surface area contributed by atoms with Crippen LogP contribution in [0.1, 0.15) is 46.3 Å². The molecular weight excluding hydrogens is 706 g/mol. The van der Waals surface area contributed by atoms with Crippen LogP contribution >= 0.6 is 0 Å². The number of carbonyl (C=O) groups is 2. The summed E-state index contributed by atoms with van der Waals surface area (Å²) in [5.41, 5.74) is 1.97. The molecule has 268 valence electrons. The highest BCUT2D eigenvalue weighted by Gasteiger charge is 2.36. The average molecular weight is 740 g/mol. The van der Waals surface area contributed by atoms with Crippen LogP contribution in [0.25, 0.3) is 11.1 Å². The Balaban J connectivity index is 1.74. The third-order valence-corrected chi connectivity index (χ3v) is 11.3. The molecule has 0 unspecified atom stereocenters. The van der Waals surface area contributed by atoms with Crippen molar-refractivity contribution >= 4 is 31.8 Å². The van der Waals surface area contributed by atoms with Crippen LogP contribution in [0.4, 0.5) is 17.6 Å². The van der Waals surface area contributed by atoms with Gasteiger partial charge in [-0.15, -0.1) is 0 Å². The summed E-state index contributed by atoms with van der Waals surface area (Å²) < 4.78 is 125. The van der Waals surface area contributed by atoms with Gasteiger partial charge in [0.15, 0.2) is 15.6 Å². The van der Waals surface area contributed by atoms with Crippen LogP contribution in [0.2, 0.25) is 0 Å². The highest BCUT2D eigenvalue weighted by Crippen LogP contribution is 2.34. The molecule has 0 aliphatic rings. The molecule has 16 heteroatoms. The number of halogens is 4. The second-order valence-corrected chi connectivity index (χ2v) is 15.3. The van der Waals surface area contributed by atoms with E-state index in [-0.39, 0.29) is 22.8 Å². The first-order valence-corrected chi connectivity index (χ1v) is 17.9. The zero-order chi connectivity index (χ0) is 37.2. The zero-order valence-electron chi connectivity index (χ0n) is 27.6. The predicted molar refractivity (Wildman–Crippen MR) is 172 cm³/mol. The van der Waals surface area contributed by atoms with Gasteiger partial charge >= 0.3 is 18.1 Å². The number of sulfonamides is 1. The fraction of sp³-hybridized carbons (Fsp3) is 0.294. The Labute approximate surface area is 286 Å². The Morgan fingerprint density at radius 2 is 1.48 bits per heavy atom. The summed E-state index contributed by atoms with van der Waals surface area (Å²) in [5, 5.41) is 0. The lowest BCUT2D eigenvalue weighted by Gasteiger charge is -2.24. The Morgan fingerprint density at radius 1 is 0.860 bits per heavy atom. The molecule has 0 radical (unpaired) electrons. The van der Waals surface area contributed by atoms with Crippen molar-refractivity contribution in [3.8, 4) is 11.1 Å². The summed E-state index contributed by atoms with van der Waals surface area (Å²) in [4.78, 5) is 22.6. The maximum absolute atomic E-state index is 15.4. The van der Waals surface area contributed by atoms with Crippen molar-refractivity contribution in [1.82, 2.24) is 4.31 Å². The van der Waals surface area contributed by atoms with Gasteiger partial charge in [-0.1, -0.05) is 42.0 Å². The third-order valence-electron chi connectivity index (χ3n) is 7.57. The molecule has 4 aromatic rings. The first kappa shape index (κ1) is 38.3. The monoisotopic (exact) mass is 739 g/mol. The molecular formula is C34H33F4NO9S2. The van der Waals surface area contributed by atoms with Crippen LogP contribution in [0.3, 0.4) is 0 Å². The van der Waals surface area contributed by atoms with E-state index in [2.05, 4.69) is 4.74 Å². The lowest BCUT2D eigenvalue weighted by Crippen LogP contribution is -2.31. The first-order valence-electron chi connectivity index (χ1n) is 14.8. The van der Waals surface area contributed by atoms with E-state index >= 15 is 4.39 Å². The zero-order valence-corrected chi connectivity index (χ0v) is 29.2. The maximum Gasteiger partial charge on any atom is 0.449 e. The van der Waals surface area contributed by atoms with Crippen LogP contribution < -0.4 is 0 Å². The predicted octanol–water partition coefficient (Wildman–Crippen LogP) is 6.43. The van der Waals surface area contributed by atoms with Crippen molar-refractivity contribution in [3.05, 3.63) is 106 Å². The number of rotatable bonds is 12. The number of sulfone groups is 1. The van der Waals surface area contributed by atoms with E-state index in [1.807, 2.05) is 0 Å². The van der Waals surface area contributed by atoms with Gasteiger partial charge in [0.2, 0.25) is 15.8 Å². The normalized spacial score (nSPS) is 12.3. The van der Waals surface area contributed by atoms with Gasteiger partial charge < -0.3 is 13.9 Å². The fourth-order valence-corrected chi connectivity index (χ4v) is 8.61. The van der Waals surface area contributed by atoms with E-state index in [4.69, 9.17) is 9.15 Å². The highest BCUT2D eigenvalue weighted by molar-refractivity contribution is 7.92. The third kappa shape index (κ3) is 8.78. The summed E-state index contributed by atoms with van der Waals surface area (Å²) in [6.07, 6.45) is -4.78. The van der Waals surface area contributed by atoms with Gasteiger partial charge in [0.25, 0.3) is 0 Å². The van der Waals surface area contributed by atoms with E-state index in [9.17, 15) is 39.6 Å². The summed E-state index contributed by atoms with van der Waals surface area (Å²) in [6, 6.07) is 13.2. The highest BCUT2D eigenvalue weighted by atomic mass is 32.2. The van der Waals surface area contributed by atoms with Gasteiger partial charge in [0, 0.05) is 19.0 Å². The molecule has 1 aromatic heterocycles. The molecule has 0 saturated carbocycles. The minimum atomic E-state index is -4.78. The molecule has 1 heterocycles. The summed E-state index contributed by atoms with van der Waals surface area (Å²) in [7, 11) is -7.81. The molecule has 0 aliphatic heterocycles. The Morgan fingerprint density at radius 3 is 2.02 bits per heavy atom. The molecule has 10 nitrogen and oxygen atoms in total. The van der Waals surface area contributed by atoms with Gasteiger partial charge in [0.05, 0.1) is 23.4 Å². The van der Waals surface area contributed by atoms with Gasteiger partial charge in [-0.2, -0.15) is 17.5 Å². The van der Waals surface area contributed by atoms with Crippen LogP contribution in [0.5, 0.6) is 0 Å². The topological polar surface area (TPSA) is 137 Å². The molecule has 0 N–H and O–H groups in total. The van der Waals surface area contributed by atoms with Gasteiger partial charge in [0.1, 0.15) is 18.2 Å². The van der Waals surface area contributed by atoms with Crippen LogP contribution in [-0.2, 0) is 64.8 Å². The van der Waals surface area contributed by atoms with Crippen molar-refractivity contribution in [2.75, 3.05) is 12.9 Å². The van der Waals surface area contributed by atoms with Crippen molar-refractivity contribution in [3.63, 3.8) is 0 Å². The lowest BCUT2D eigenvalue weighted by atomic mass is 10.0. The summed E-state index contributed by atoms with van der Waals surface area (Å²) in [5.74, 6) is -5.56. The molecule has 0 saturated heterocycles. The fourth-order valence-electron chi connectivity index (χ4n) is 5.39. The number of esters is 2. The van der Waals surface area contributed by atoms with E-state index in [0.29, 0.717) is 28.3 Å². The van der Waals surface area contributed by atoms with Gasteiger partial charge in [-0.05, 0) is 72.9 Å². The van der Waals surface area contributed by atoms with Gasteiger partial charge in [-0.3, -0.25) is 9.59 Å². The SMILES string of the molecule is COC(=O)CS(=O)(=O)c1cc(-c2ccc(CN(Cc3ccc(C(F)(F)F)o3)S(=O)(=O)c3c(C)cc(C)cc3C)cc2)cc(F)c1COC(C)=O. The lowest BCUT2D eigenvalue weighted by molar-refractivity contribution is -0.153. The minimum absolute atomic E-state index is 0.00710. The number of ether oxygens (including phenoxy) is 2. The Hall–Kier alpha value is -4.54. The molecule has 4 rings (SSSR count). The molecule has 3 aromatic carbocycles. The second-order valence-electron chi connectivity index (χ2n) is 11.5. The van der Waals surface area contributed by atoms with Crippen LogP contribution in [-0.4, -0.2) is 45.9 Å². The van der Waals surface area contributed by atoms with E-state index in [1.165, 1.54) is 24.3 Å². The van der Waals surface area contributed by atoms with E-state index < -0.39 is 78.9 Å². The number of alkyl halides is 3. The number of methoxy groups -OCH3 is 1. The minimum Gasteiger partial charge on any atom is -0.468 e. The molecule has 0 spiro atoms. The van der Waals surface area contributed by atoms with Crippen molar-refractivity contribution in [1.29, 1.82) is 0 Å². The maximum atomic E-state index is 15.4. The Kier molecular flexibility index (Phi) is 11.3. The van der Waals surface area contributed by atoms with Crippen LogP contribution in [0.15, 0.2) is 74.9 Å². The van der Waals surface area contributed by atoms with Crippen molar-refractivity contribution in [2.45, 2.75) is 63.4 Å². The molecule has 50 heavy (non-hydrogen) atoms. The smallest absolute Gasteiger partial charge is 0.449 e. The number of furan rings is 1. The molecule has 0 aliphatic carbocycles. The molecule has 0 bridgehead atoms. The summed E-state index contributed by atoms with van der Waals surface area (Å²) in [6.45, 7) is 4.51. The quantitative estimate of drug-likeness (QED) is 0.119. The number of nitrogens with zero attached hydrogens (tertiary/aromatic N) is 1. The van der Waals surface area contributed by atoms with Crippen molar-refractivity contribution in [2.24, 2.45) is 0 Å². The first-order chi connectivity index (χ1) is 23.2. The van der Waals surface area contributed by atoms with Gasteiger partial charge in [-0.25, -0.2) is 21.2 Å². The second kappa shape index (κ2) is 14.7.